The Kier molecular flexibility index (Phi) is 7.02. The molecule has 0 unspecified atom stereocenters. The maximum absolute atomic E-state index is 10.6. The molecule has 1 aromatic rings. The van der Waals surface area contributed by atoms with Gasteiger partial charge in [0.1, 0.15) is 0 Å². The average molecular weight is 242 g/mol. The van der Waals surface area contributed by atoms with Gasteiger partial charge in [-0.2, -0.15) is 0 Å². The van der Waals surface area contributed by atoms with Crippen LogP contribution in [0.2, 0.25) is 0 Å². The van der Waals surface area contributed by atoms with Crippen molar-refractivity contribution in [2.24, 2.45) is 0 Å². The number of hydrogen-bond donors (Lipinski definition) is 2. The zero-order valence-electron chi connectivity index (χ0n) is 7.44. The fourth-order valence-electron chi connectivity index (χ4n) is 1.10. The summed E-state index contributed by atoms with van der Waals surface area (Å²) in [5, 5.41) is 17.4. The smallest absolute Gasteiger partial charge is 0.335 e. The van der Waals surface area contributed by atoms with Crippen LogP contribution in [0.5, 0.6) is 0 Å². The Morgan fingerprint density at radius 1 is 1.07 bits per heavy atom. The van der Waals surface area contributed by atoms with Crippen LogP contribution >= 0.6 is 0 Å². The van der Waals surface area contributed by atoms with Gasteiger partial charge in [0.25, 0.3) is 0 Å². The molecule has 4 nitrogen and oxygen atoms in total. The Bertz CT molecular complexity index is 346. The van der Waals surface area contributed by atoms with Crippen molar-refractivity contribution in [1.82, 2.24) is 0 Å². The van der Waals surface area contributed by atoms with Gasteiger partial charge in [-0.25, -0.2) is 9.59 Å². The maximum atomic E-state index is 10.6. The Morgan fingerprint density at radius 2 is 1.40 bits per heavy atom. The van der Waals surface area contributed by atoms with Crippen LogP contribution in [0.25, 0.3) is 0 Å². The third-order valence-corrected chi connectivity index (χ3v) is 1.79. The summed E-state index contributed by atoms with van der Waals surface area (Å²) in [6.07, 6.45) is 0. The standard InChI is InChI=1S/C9H8O4.BH3.Ti/c1-5-6(8(10)11)3-2-4-7(5)9(12)13;;/h2-4H,1H3,(H,10,11)(H,12,13);1H3;. The first kappa shape index (κ1) is 16.4. The summed E-state index contributed by atoms with van der Waals surface area (Å²) in [6.45, 7) is 1.48. The molecule has 1 rings (SSSR count). The van der Waals surface area contributed by atoms with Crippen molar-refractivity contribution in [1.29, 1.82) is 0 Å². The van der Waals surface area contributed by atoms with Gasteiger partial charge in [-0.15, -0.1) is 0 Å². The number of carbonyl (C=O) groups is 2. The van der Waals surface area contributed by atoms with Gasteiger partial charge in [0, 0.05) is 21.7 Å². The van der Waals surface area contributed by atoms with Crippen LogP contribution in [0.1, 0.15) is 26.3 Å². The minimum Gasteiger partial charge on any atom is -0.478 e. The maximum Gasteiger partial charge on any atom is 0.335 e. The van der Waals surface area contributed by atoms with E-state index in [9.17, 15) is 9.59 Å². The molecule has 1 aromatic carbocycles. The molecule has 0 radical (unpaired) electrons. The Hall–Kier alpha value is -1.06. The third-order valence-electron chi connectivity index (χ3n) is 1.79. The molecule has 78 valence electrons. The minimum absolute atomic E-state index is 0. The van der Waals surface area contributed by atoms with Crippen LogP contribution in [0.4, 0.5) is 0 Å². The molecule has 0 bridgehead atoms. The first-order chi connectivity index (χ1) is 6.04. The SMILES string of the molecule is B.Cc1c(C(=O)O)cccc1C(=O)O.[Ti]. The van der Waals surface area contributed by atoms with E-state index in [1.54, 1.807) is 0 Å². The molecular weight excluding hydrogens is 231 g/mol. The molecule has 0 heterocycles. The normalized spacial score (nSPS) is 8.33. The molecule has 0 aliphatic carbocycles. The summed E-state index contributed by atoms with van der Waals surface area (Å²) >= 11 is 0. The molecular formula is C9H11BO4Ti. The van der Waals surface area contributed by atoms with Gasteiger partial charge in [0.2, 0.25) is 0 Å². The predicted molar refractivity (Wildman–Crippen MR) is 55.0 cm³/mol. The van der Waals surface area contributed by atoms with E-state index >= 15 is 0 Å². The Labute approximate surface area is 104 Å². The fraction of sp³-hybridized carbons (Fsp3) is 0.111. The minimum atomic E-state index is -1.11. The van der Waals surface area contributed by atoms with Crippen LogP contribution in [0.3, 0.4) is 0 Å². The van der Waals surface area contributed by atoms with E-state index in [0.717, 1.165) is 0 Å². The van der Waals surface area contributed by atoms with E-state index in [0.29, 0.717) is 0 Å². The average Bonchev–Trinajstić information content (AvgIpc) is 2.03. The predicted octanol–water partition coefficient (Wildman–Crippen LogP) is 0.205. The molecule has 0 amide bonds. The van der Waals surface area contributed by atoms with E-state index in [-0.39, 0.29) is 46.8 Å². The molecule has 6 heteroatoms. The molecule has 0 saturated heterocycles. The van der Waals surface area contributed by atoms with Gasteiger partial charge in [-0.1, -0.05) is 6.07 Å². The van der Waals surface area contributed by atoms with Crippen molar-refractivity contribution < 1.29 is 41.5 Å². The van der Waals surface area contributed by atoms with Crippen LogP contribution in [-0.2, 0) is 21.7 Å². The summed E-state index contributed by atoms with van der Waals surface area (Å²) in [6, 6.07) is 4.17. The second-order valence-electron chi connectivity index (χ2n) is 2.59. The number of carboxylic acids is 2. The molecule has 0 aliphatic rings. The van der Waals surface area contributed by atoms with Crippen molar-refractivity contribution in [3.05, 3.63) is 34.9 Å². The van der Waals surface area contributed by atoms with Crippen molar-refractivity contribution in [2.45, 2.75) is 6.92 Å². The third kappa shape index (κ3) is 3.53. The molecule has 2 N–H and O–H groups in total. The van der Waals surface area contributed by atoms with Crippen molar-refractivity contribution >= 4 is 20.4 Å². The quantitative estimate of drug-likeness (QED) is 0.726. The van der Waals surface area contributed by atoms with Gasteiger partial charge in [-0.3, -0.25) is 0 Å². The number of benzene rings is 1. The molecule has 15 heavy (non-hydrogen) atoms. The molecule has 0 saturated carbocycles. The van der Waals surface area contributed by atoms with Crippen LogP contribution in [0.15, 0.2) is 18.2 Å². The van der Waals surface area contributed by atoms with E-state index in [2.05, 4.69) is 0 Å². The number of hydrogen-bond acceptors (Lipinski definition) is 2. The van der Waals surface area contributed by atoms with E-state index in [1.807, 2.05) is 0 Å². The van der Waals surface area contributed by atoms with Gasteiger partial charge >= 0.3 is 11.9 Å². The Balaban J connectivity index is 0. The van der Waals surface area contributed by atoms with Gasteiger partial charge in [0.15, 0.2) is 0 Å². The van der Waals surface area contributed by atoms with E-state index in [4.69, 9.17) is 10.2 Å². The van der Waals surface area contributed by atoms with Crippen LogP contribution in [-0.4, -0.2) is 30.6 Å². The second kappa shape index (κ2) is 6.43. The Morgan fingerprint density at radius 3 is 1.67 bits per heavy atom. The van der Waals surface area contributed by atoms with Crippen molar-refractivity contribution in [2.75, 3.05) is 0 Å². The summed E-state index contributed by atoms with van der Waals surface area (Å²) < 4.78 is 0. The number of aromatic carboxylic acids is 2. The fourth-order valence-corrected chi connectivity index (χ4v) is 1.10. The zero-order chi connectivity index (χ0) is 10.0. The van der Waals surface area contributed by atoms with Gasteiger partial charge in [0.05, 0.1) is 19.5 Å². The number of carboxylic acid groups (broad SMARTS) is 2. The topological polar surface area (TPSA) is 74.6 Å². The largest absolute Gasteiger partial charge is 0.478 e. The summed E-state index contributed by atoms with van der Waals surface area (Å²) in [7, 11) is 0. The molecule has 0 aromatic heterocycles. The van der Waals surface area contributed by atoms with Crippen LogP contribution < -0.4 is 0 Å². The second-order valence-corrected chi connectivity index (χ2v) is 2.59. The first-order valence-corrected chi connectivity index (χ1v) is 3.60. The van der Waals surface area contributed by atoms with Gasteiger partial charge in [-0.05, 0) is 24.6 Å². The van der Waals surface area contributed by atoms with Gasteiger partial charge < -0.3 is 10.2 Å². The monoisotopic (exact) mass is 242 g/mol. The first-order valence-electron chi connectivity index (χ1n) is 3.60. The summed E-state index contributed by atoms with van der Waals surface area (Å²) in [4.78, 5) is 21.2. The van der Waals surface area contributed by atoms with E-state index in [1.165, 1.54) is 25.1 Å². The van der Waals surface area contributed by atoms with E-state index < -0.39 is 11.9 Å². The zero-order valence-corrected chi connectivity index (χ0v) is 9.00. The molecule has 0 spiro atoms. The van der Waals surface area contributed by atoms with Crippen molar-refractivity contribution in [3.8, 4) is 0 Å². The van der Waals surface area contributed by atoms with Crippen molar-refractivity contribution in [3.63, 3.8) is 0 Å². The molecule has 0 fully saturated rings. The molecule has 0 aliphatic heterocycles. The summed E-state index contributed by atoms with van der Waals surface area (Å²) in [5.74, 6) is -2.22. The summed E-state index contributed by atoms with van der Waals surface area (Å²) in [5.41, 5.74) is 0.335. The number of rotatable bonds is 2. The van der Waals surface area contributed by atoms with Crippen LogP contribution in [0, 0.1) is 6.92 Å². The molecule has 0 atom stereocenters.